The zero-order valence-electron chi connectivity index (χ0n) is 16.2. The Morgan fingerprint density at radius 2 is 1.85 bits per heavy atom. The van der Waals surface area contributed by atoms with E-state index in [1.54, 1.807) is 6.07 Å². The van der Waals surface area contributed by atoms with Gasteiger partial charge in [0, 0.05) is 6.04 Å². The molecule has 1 aliphatic carbocycles. The SMILES string of the molecule is Cc1cc(OCC(=O)OCC(=O)NC(=O)NC2CCCC2)ccc1C(C)C. The van der Waals surface area contributed by atoms with Gasteiger partial charge in [-0.2, -0.15) is 0 Å². The molecule has 7 nitrogen and oxygen atoms in total. The first kappa shape index (κ1) is 20.7. The second-order valence-corrected chi connectivity index (χ2v) is 7.13. The van der Waals surface area contributed by atoms with Crippen LogP contribution in [0.3, 0.4) is 0 Å². The average molecular weight is 376 g/mol. The minimum atomic E-state index is -0.674. The molecule has 2 rings (SSSR count). The highest BCUT2D eigenvalue weighted by Crippen LogP contribution is 2.23. The Balaban J connectivity index is 1.67. The van der Waals surface area contributed by atoms with E-state index >= 15 is 0 Å². The Hall–Kier alpha value is -2.57. The predicted octanol–water partition coefficient (Wildman–Crippen LogP) is 2.81. The maximum atomic E-state index is 11.7. The number of carbonyl (C=O) groups is 3. The van der Waals surface area contributed by atoms with Crippen LogP contribution in [0.1, 0.15) is 56.6 Å². The van der Waals surface area contributed by atoms with E-state index in [1.165, 1.54) is 5.56 Å². The lowest BCUT2D eigenvalue weighted by Gasteiger charge is -2.13. The number of amides is 3. The topological polar surface area (TPSA) is 93.7 Å². The normalized spacial score (nSPS) is 14.1. The van der Waals surface area contributed by atoms with Crippen molar-refractivity contribution in [2.75, 3.05) is 13.2 Å². The monoisotopic (exact) mass is 376 g/mol. The smallest absolute Gasteiger partial charge is 0.344 e. The van der Waals surface area contributed by atoms with E-state index < -0.39 is 24.5 Å². The van der Waals surface area contributed by atoms with Gasteiger partial charge in [0.25, 0.3) is 5.91 Å². The zero-order chi connectivity index (χ0) is 19.8. The summed E-state index contributed by atoms with van der Waals surface area (Å²) in [6, 6.07) is 5.19. The maximum absolute atomic E-state index is 11.7. The molecule has 27 heavy (non-hydrogen) atoms. The molecule has 1 aromatic carbocycles. The zero-order valence-corrected chi connectivity index (χ0v) is 16.2. The molecule has 1 aromatic rings. The fourth-order valence-electron chi connectivity index (χ4n) is 3.17. The van der Waals surface area contributed by atoms with Crippen LogP contribution in [-0.4, -0.2) is 37.2 Å². The van der Waals surface area contributed by atoms with E-state index in [9.17, 15) is 14.4 Å². The standard InChI is InChI=1S/C20H28N2O5/c1-13(2)17-9-8-16(10-14(17)3)26-12-19(24)27-11-18(23)22-20(25)21-15-6-4-5-7-15/h8-10,13,15H,4-7,11-12H2,1-3H3,(H2,21,22,23,25). The van der Waals surface area contributed by atoms with E-state index in [2.05, 4.69) is 24.5 Å². The Kier molecular flexibility index (Phi) is 7.64. The number of benzene rings is 1. The molecule has 3 amide bonds. The summed E-state index contributed by atoms with van der Waals surface area (Å²) in [4.78, 5) is 35.0. The van der Waals surface area contributed by atoms with Crippen molar-refractivity contribution in [2.45, 2.75) is 58.4 Å². The lowest BCUT2D eigenvalue weighted by molar-refractivity contribution is -0.150. The van der Waals surface area contributed by atoms with Crippen molar-refractivity contribution < 1.29 is 23.9 Å². The number of carbonyl (C=O) groups excluding carboxylic acids is 3. The van der Waals surface area contributed by atoms with Gasteiger partial charge in [-0.15, -0.1) is 0 Å². The highest BCUT2D eigenvalue weighted by atomic mass is 16.6. The maximum Gasteiger partial charge on any atom is 0.344 e. The summed E-state index contributed by atoms with van der Waals surface area (Å²) in [7, 11) is 0. The quantitative estimate of drug-likeness (QED) is 0.714. The molecule has 0 unspecified atom stereocenters. The van der Waals surface area contributed by atoms with E-state index in [0.29, 0.717) is 11.7 Å². The second-order valence-electron chi connectivity index (χ2n) is 7.13. The third-order valence-electron chi connectivity index (χ3n) is 4.53. The van der Waals surface area contributed by atoms with Gasteiger partial charge in [-0.05, 0) is 48.9 Å². The van der Waals surface area contributed by atoms with Crippen molar-refractivity contribution in [3.63, 3.8) is 0 Å². The Labute approximate surface area is 159 Å². The molecule has 0 aliphatic heterocycles. The van der Waals surface area contributed by atoms with Crippen LogP contribution in [0.15, 0.2) is 18.2 Å². The number of imide groups is 1. The van der Waals surface area contributed by atoms with Crippen molar-refractivity contribution in [3.05, 3.63) is 29.3 Å². The molecule has 0 atom stereocenters. The van der Waals surface area contributed by atoms with Gasteiger partial charge in [0.15, 0.2) is 13.2 Å². The minimum absolute atomic E-state index is 0.110. The van der Waals surface area contributed by atoms with Gasteiger partial charge in [-0.25, -0.2) is 9.59 Å². The van der Waals surface area contributed by atoms with E-state index in [4.69, 9.17) is 9.47 Å². The molecule has 0 bridgehead atoms. The summed E-state index contributed by atoms with van der Waals surface area (Å²) in [5.74, 6) is -0.370. The van der Waals surface area contributed by atoms with E-state index in [0.717, 1.165) is 31.2 Å². The van der Waals surface area contributed by atoms with Crippen LogP contribution in [0.2, 0.25) is 0 Å². The van der Waals surface area contributed by atoms with Crippen molar-refractivity contribution in [2.24, 2.45) is 0 Å². The van der Waals surface area contributed by atoms with Crippen molar-refractivity contribution in [3.8, 4) is 5.75 Å². The summed E-state index contributed by atoms with van der Waals surface area (Å²) in [5.41, 5.74) is 2.31. The van der Waals surface area contributed by atoms with Gasteiger partial charge in [-0.3, -0.25) is 10.1 Å². The minimum Gasteiger partial charge on any atom is -0.482 e. The van der Waals surface area contributed by atoms with Crippen molar-refractivity contribution >= 4 is 17.9 Å². The number of aryl methyl sites for hydroxylation is 1. The number of ether oxygens (including phenoxy) is 2. The first-order valence-corrected chi connectivity index (χ1v) is 9.34. The molecule has 0 radical (unpaired) electrons. The number of nitrogens with one attached hydrogen (secondary N) is 2. The molecule has 0 spiro atoms. The third-order valence-corrected chi connectivity index (χ3v) is 4.53. The van der Waals surface area contributed by atoms with Gasteiger partial charge in [0.2, 0.25) is 0 Å². The first-order chi connectivity index (χ1) is 12.8. The van der Waals surface area contributed by atoms with Crippen LogP contribution in [0.5, 0.6) is 5.75 Å². The highest BCUT2D eigenvalue weighted by Gasteiger charge is 2.18. The predicted molar refractivity (Wildman–Crippen MR) is 101 cm³/mol. The van der Waals surface area contributed by atoms with Crippen LogP contribution in [0.4, 0.5) is 4.79 Å². The molecule has 0 heterocycles. The van der Waals surface area contributed by atoms with Crippen LogP contribution >= 0.6 is 0 Å². The van der Waals surface area contributed by atoms with Gasteiger partial charge in [0.1, 0.15) is 5.75 Å². The highest BCUT2D eigenvalue weighted by molar-refractivity contribution is 5.95. The van der Waals surface area contributed by atoms with Crippen molar-refractivity contribution in [1.82, 2.24) is 10.6 Å². The summed E-state index contributed by atoms with van der Waals surface area (Å²) in [6.07, 6.45) is 4.00. The Morgan fingerprint density at radius 1 is 1.15 bits per heavy atom. The summed E-state index contributed by atoms with van der Waals surface area (Å²) >= 11 is 0. The lowest BCUT2D eigenvalue weighted by Crippen LogP contribution is -2.45. The summed E-state index contributed by atoms with van der Waals surface area (Å²) < 4.78 is 10.2. The molecule has 2 N–H and O–H groups in total. The third kappa shape index (κ3) is 6.92. The Morgan fingerprint density at radius 3 is 2.48 bits per heavy atom. The molecular weight excluding hydrogens is 348 g/mol. The first-order valence-electron chi connectivity index (χ1n) is 9.34. The van der Waals surface area contributed by atoms with Crippen LogP contribution in [0.25, 0.3) is 0 Å². The van der Waals surface area contributed by atoms with Crippen molar-refractivity contribution in [1.29, 1.82) is 0 Å². The van der Waals surface area contributed by atoms with Crippen LogP contribution < -0.4 is 15.4 Å². The Bertz CT molecular complexity index is 681. The molecule has 7 heteroatoms. The van der Waals surface area contributed by atoms with Crippen LogP contribution in [0, 0.1) is 6.92 Å². The van der Waals surface area contributed by atoms with Gasteiger partial charge >= 0.3 is 12.0 Å². The number of hydrogen-bond donors (Lipinski definition) is 2. The van der Waals surface area contributed by atoms with Gasteiger partial charge < -0.3 is 14.8 Å². The molecule has 0 aromatic heterocycles. The molecule has 1 saturated carbocycles. The fraction of sp³-hybridized carbons (Fsp3) is 0.550. The van der Waals surface area contributed by atoms with Gasteiger partial charge in [0.05, 0.1) is 0 Å². The number of rotatable bonds is 7. The van der Waals surface area contributed by atoms with E-state index in [-0.39, 0.29) is 12.6 Å². The molecule has 148 valence electrons. The molecule has 0 saturated heterocycles. The summed E-state index contributed by atoms with van der Waals surface area (Å²) in [5, 5.41) is 4.88. The molecule has 1 fully saturated rings. The van der Waals surface area contributed by atoms with Crippen LogP contribution in [-0.2, 0) is 14.3 Å². The van der Waals surface area contributed by atoms with Gasteiger partial charge in [-0.1, -0.05) is 32.8 Å². The summed E-state index contributed by atoms with van der Waals surface area (Å²) in [6.45, 7) is 5.38. The van der Waals surface area contributed by atoms with E-state index in [1.807, 2.05) is 19.1 Å². The average Bonchev–Trinajstić information content (AvgIpc) is 3.10. The second kappa shape index (κ2) is 9.94. The largest absolute Gasteiger partial charge is 0.482 e. The number of esters is 1. The number of urea groups is 1. The lowest BCUT2D eigenvalue weighted by atomic mass is 9.98. The molecular formula is C20H28N2O5. The fourth-order valence-corrected chi connectivity index (χ4v) is 3.17. The number of hydrogen-bond acceptors (Lipinski definition) is 5. The molecule has 1 aliphatic rings.